The largest absolute Gasteiger partial charge is 0.377 e. The van der Waals surface area contributed by atoms with Crippen LogP contribution in [0.5, 0.6) is 0 Å². The molecule has 1 rings (SSSR count). The predicted octanol–water partition coefficient (Wildman–Crippen LogP) is 2.49. The second-order valence-corrected chi connectivity index (χ2v) is 3.39. The van der Waals surface area contributed by atoms with Crippen molar-refractivity contribution in [1.82, 2.24) is 0 Å². The van der Waals surface area contributed by atoms with Crippen molar-refractivity contribution < 1.29 is 0 Å². The van der Waals surface area contributed by atoms with Gasteiger partial charge in [0.05, 0.1) is 0 Å². The van der Waals surface area contributed by atoms with E-state index in [0.29, 0.717) is 0 Å². The molecule has 0 fully saturated rings. The highest BCUT2D eigenvalue weighted by Gasteiger charge is 2.01. The van der Waals surface area contributed by atoms with E-state index in [-0.39, 0.29) is 0 Å². The quantitative estimate of drug-likeness (QED) is 0.691. The maximum absolute atomic E-state index is 4.96. The molecule has 0 heterocycles. The molecule has 12 heavy (non-hydrogen) atoms. The summed E-state index contributed by atoms with van der Waals surface area (Å²) in [5.41, 5.74) is 2.62. The van der Waals surface area contributed by atoms with Crippen LogP contribution in [-0.2, 0) is 6.42 Å². The number of hydrogen-bond acceptors (Lipinski definition) is 1. The SMILES string of the molecule is CN(C)c1ccccc1CC[S]. The van der Waals surface area contributed by atoms with E-state index in [1.807, 2.05) is 0 Å². The van der Waals surface area contributed by atoms with E-state index in [9.17, 15) is 0 Å². The smallest absolute Gasteiger partial charge is 0.0393 e. The first-order chi connectivity index (χ1) is 5.75. The number of para-hydroxylation sites is 1. The Balaban J connectivity index is 2.92. The van der Waals surface area contributed by atoms with Gasteiger partial charge >= 0.3 is 0 Å². The minimum absolute atomic E-state index is 0.796. The summed E-state index contributed by atoms with van der Waals surface area (Å²) in [7, 11) is 4.12. The summed E-state index contributed by atoms with van der Waals surface area (Å²) in [6.45, 7) is 0. The summed E-state index contributed by atoms with van der Waals surface area (Å²) in [6, 6.07) is 8.39. The molecule has 1 nitrogen and oxygen atoms in total. The average molecular weight is 180 g/mol. The molecular weight excluding hydrogens is 166 g/mol. The number of benzene rings is 1. The zero-order chi connectivity index (χ0) is 8.97. The van der Waals surface area contributed by atoms with Crippen LogP contribution in [0.1, 0.15) is 5.56 Å². The summed E-state index contributed by atoms with van der Waals surface area (Å²) in [6.07, 6.45) is 0.990. The van der Waals surface area contributed by atoms with Gasteiger partial charge in [-0.2, -0.15) is 0 Å². The number of hydrogen-bond donors (Lipinski definition) is 0. The van der Waals surface area contributed by atoms with Crippen molar-refractivity contribution in [1.29, 1.82) is 0 Å². The van der Waals surface area contributed by atoms with E-state index in [4.69, 9.17) is 12.6 Å². The zero-order valence-corrected chi connectivity index (χ0v) is 8.40. The highest BCUT2D eigenvalue weighted by Crippen LogP contribution is 2.18. The van der Waals surface area contributed by atoms with Crippen molar-refractivity contribution in [2.75, 3.05) is 24.7 Å². The van der Waals surface area contributed by atoms with E-state index in [2.05, 4.69) is 43.3 Å². The minimum Gasteiger partial charge on any atom is -0.377 e. The average Bonchev–Trinajstić information content (AvgIpc) is 2.05. The van der Waals surface area contributed by atoms with Crippen molar-refractivity contribution in [3.8, 4) is 0 Å². The molecule has 0 saturated carbocycles. The van der Waals surface area contributed by atoms with Gasteiger partial charge in [-0.3, -0.25) is 0 Å². The standard InChI is InChI=1S/C10H14NS/c1-11(2)10-6-4-3-5-9(10)7-8-12/h3-6H,7-8H2,1-2H3. The molecule has 1 aromatic carbocycles. The van der Waals surface area contributed by atoms with Gasteiger partial charge in [-0.15, -0.1) is 0 Å². The van der Waals surface area contributed by atoms with Crippen LogP contribution in [0.25, 0.3) is 0 Å². The maximum atomic E-state index is 4.96. The van der Waals surface area contributed by atoms with Crippen LogP contribution in [0.2, 0.25) is 0 Å². The van der Waals surface area contributed by atoms with Crippen molar-refractivity contribution in [3.05, 3.63) is 29.8 Å². The Labute approximate surface area is 79.8 Å². The van der Waals surface area contributed by atoms with Crippen molar-refractivity contribution in [3.63, 3.8) is 0 Å². The fourth-order valence-electron chi connectivity index (χ4n) is 1.27. The number of anilines is 1. The fourth-order valence-corrected chi connectivity index (χ4v) is 1.49. The van der Waals surface area contributed by atoms with Gasteiger partial charge < -0.3 is 4.90 Å². The van der Waals surface area contributed by atoms with Gasteiger partial charge in [-0.05, 0) is 18.1 Å². The molecule has 0 bridgehead atoms. The first kappa shape index (κ1) is 9.46. The van der Waals surface area contributed by atoms with Gasteiger partial charge in [0.15, 0.2) is 0 Å². The molecule has 0 unspecified atom stereocenters. The van der Waals surface area contributed by atoms with Gasteiger partial charge in [-0.25, -0.2) is 0 Å². The Morgan fingerprint density at radius 1 is 1.25 bits per heavy atom. The van der Waals surface area contributed by atoms with E-state index in [0.717, 1.165) is 12.2 Å². The van der Waals surface area contributed by atoms with Crippen LogP contribution in [0.15, 0.2) is 24.3 Å². The van der Waals surface area contributed by atoms with Gasteiger partial charge in [0.25, 0.3) is 0 Å². The first-order valence-corrected chi connectivity index (χ1v) is 4.66. The van der Waals surface area contributed by atoms with Crippen LogP contribution in [0.3, 0.4) is 0 Å². The van der Waals surface area contributed by atoms with E-state index < -0.39 is 0 Å². The normalized spacial score (nSPS) is 9.92. The van der Waals surface area contributed by atoms with Crippen molar-refractivity contribution in [2.45, 2.75) is 6.42 Å². The maximum Gasteiger partial charge on any atom is 0.0393 e. The molecule has 0 aliphatic rings. The lowest BCUT2D eigenvalue weighted by Gasteiger charge is -2.16. The van der Waals surface area contributed by atoms with Crippen LogP contribution in [-0.4, -0.2) is 19.8 Å². The lowest BCUT2D eigenvalue weighted by Crippen LogP contribution is -2.11. The molecule has 0 saturated heterocycles. The number of nitrogens with zero attached hydrogens (tertiary/aromatic N) is 1. The van der Waals surface area contributed by atoms with Crippen molar-refractivity contribution in [2.24, 2.45) is 0 Å². The molecule has 0 aliphatic carbocycles. The van der Waals surface area contributed by atoms with Crippen LogP contribution in [0.4, 0.5) is 5.69 Å². The van der Waals surface area contributed by atoms with E-state index in [1.165, 1.54) is 11.3 Å². The van der Waals surface area contributed by atoms with E-state index in [1.54, 1.807) is 0 Å². The second-order valence-electron chi connectivity index (χ2n) is 2.98. The van der Waals surface area contributed by atoms with Gasteiger partial charge in [0.1, 0.15) is 0 Å². The van der Waals surface area contributed by atoms with Gasteiger partial charge in [0.2, 0.25) is 0 Å². The topological polar surface area (TPSA) is 3.24 Å². The second kappa shape index (κ2) is 4.41. The summed E-state index contributed by atoms with van der Waals surface area (Å²) in [4.78, 5) is 2.13. The number of rotatable bonds is 3. The molecule has 65 valence electrons. The Kier molecular flexibility index (Phi) is 3.48. The highest BCUT2D eigenvalue weighted by molar-refractivity contribution is 7.80. The summed E-state index contributed by atoms with van der Waals surface area (Å²) < 4.78 is 0. The summed E-state index contributed by atoms with van der Waals surface area (Å²) in [5.74, 6) is 0.796. The summed E-state index contributed by atoms with van der Waals surface area (Å²) in [5, 5.41) is 0. The van der Waals surface area contributed by atoms with Crippen LogP contribution in [0, 0.1) is 0 Å². The Bertz CT molecular complexity index is 245. The first-order valence-electron chi connectivity index (χ1n) is 4.09. The molecular formula is C10H14NS. The van der Waals surface area contributed by atoms with Gasteiger partial charge in [-0.1, -0.05) is 30.8 Å². The lowest BCUT2D eigenvalue weighted by molar-refractivity contribution is 1.07. The monoisotopic (exact) mass is 180 g/mol. The lowest BCUT2D eigenvalue weighted by atomic mass is 10.1. The fraction of sp³-hybridized carbons (Fsp3) is 0.400. The van der Waals surface area contributed by atoms with Gasteiger partial charge in [0, 0.05) is 25.5 Å². The van der Waals surface area contributed by atoms with E-state index >= 15 is 0 Å². The third-order valence-corrected chi connectivity index (χ3v) is 2.05. The highest BCUT2D eigenvalue weighted by atomic mass is 32.1. The molecule has 0 amide bonds. The third kappa shape index (κ3) is 2.18. The number of aryl methyl sites for hydroxylation is 1. The molecule has 2 heteroatoms. The van der Waals surface area contributed by atoms with Crippen molar-refractivity contribution >= 4 is 18.3 Å². The molecule has 0 spiro atoms. The molecule has 0 aromatic heterocycles. The predicted molar refractivity (Wildman–Crippen MR) is 56.9 cm³/mol. The molecule has 1 aromatic rings. The summed E-state index contributed by atoms with van der Waals surface area (Å²) >= 11 is 4.96. The third-order valence-electron chi connectivity index (χ3n) is 1.84. The Morgan fingerprint density at radius 3 is 2.50 bits per heavy atom. The minimum atomic E-state index is 0.796. The zero-order valence-electron chi connectivity index (χ0n) is 7.58. The Hall–Kier alpha value is -0.630. The molecule has 1 radical (unpaired) electrons. The molecule has 0 N–H and O–H groups in total. The van der Waals surface area contributed by atoms with Crippen LogP contribution >= 0.6 is 12.6 Å². The Morgan fingerprint density at radius 2 is 1.92 bits per heavy atom. The van der Waals surface area contributed by atoms with Crippen LogP contribution < -0.4 is 4.90 Å². The molecule has 0 aliphatic heterocycles. The molecule has 0 atom stereocenters.